The number of hydrogen-bond acceptors (Lipinski definition) is 2. The quantitative estimate of drug-likeness (QED) is 0.756. The maximum atomic E-state index is 6.12. The number of aromatic nitrogens is 2. The lowest BCUT2D eigenvalue weighted by Crippen LogP contribution is -2.20. The van der Waals surface area contributed by atoms with Gasteiger partial charge < -0.3 is 4.74 Å². The van der Waals surface area contributed by atoms with Gasteiger partial charge in [0, 0.05) is 13.2 Å². The molecule has 0 unspecified atom stereocenters. The van der Waals surface area contributed by atoms with Gasteiger partial charge in [0.05, 0.1) is 11.7 Å². The van der Waals surface area contributed by atoms with Gasteiger partial charge in [-0.3, -0.25) is 4.68 Å². The first kappa shape index (κ1) is 9.99. The Morgan fingerprint density at radius 3 is 2.86 bits per heavy atom. The molecule has 2 rings (SSSR count). The highest BCUT2D eigenvalue weighted by Crippen LogP contribution is 2.25. The number of hydrogen-bond donors (Lipinski definition) is 0. The van der Waals surface area contributed by atoms with Crippen LogP contribution in [0.5, 0.6) is 0 Å². The van der Waals surface area contributed by atoms with Crippen molar-refractivity contribution < 1.29 is 4.74 Å². The molecule has 78 valence electrons. The Labute approximate surface area is 89.0 Å². The average Bonchev–Trinajstić information content (AvgIpc) is 2.61. The van der Waals surface area contributed by atoms with Gasteiger partial charge >= 0.3 is 0 Å². The highest BCUT2D eigenvalue weighted by atomic mass is 35.5. The summed E-state index contributed by atoms with van der Waals surface area (Å²) in [6, 6.07) is 2.38. The molecule has 0 bridgehead atoms. The van der Waals surface area contributed by atoms with E-state index >= 15 is 0 Å². The van der Waals surface area contributed by atoms with Crippen molar-refractivity contribution in [1.29, 1.82) is 0 Å². The molecule has 0 N–H and O–H groups in total. The van der Waals surface area contributed by atoms with E-state index in [4.69, 9.17) is 16.3 Å². The first-order chi connectivity index (χ1) is 6.81. The molecule has 14 heavy (non-hydrogen) atoms. The summed E-state index contributed by atoms with van der Waals surface area (Å²) >= 11 is 6.12. The zero-order valence-electron chi connectivity index (χ0n) is 8.37. The molecule has 1 aromatic heterocycles. The first-order valence-corrected chi connectivity index (χ1v) is 5.50. The van der Waals surface area contributed by atoms with E-state index in [-0.39, 0.29) is 0 Å². The van der Waals surface area contributed by atoms with Gasteiger partial charge in [-0.15, -0.1) is 0 Å². The average molecular weight is 215 g/mol. The van der Waals surface area contributed by atoms with Gasteiger partial charge in [0.1, 0.15) is 5.15 Å². The van der Waals surface area contributed by atoms with Crippen LogP contribution in [-0.2, 0) is 11.2 Å². The smallest absolute Gasteiger partial charge is 0.127 e. The summed E-state index contributed by atoms with van der Waals surface area (Å²) in [5.41, 5.74) is 1.07. The van der Waals surface area contributed by atoms with Crippen LogP contribution in [0.4, 0.5) is 0 Å². The third kappa shape index (κ3) is 1.93. The van der Waals surface area contributed by atoms with Crippen molar-refractivity contribution in [3.8, 4) is 0 Å². The molecule has 1 aromatic rings. The second-order valence-electron chi connectivity index (χ2n) is 3.60. The molecule has 0 atom stereocenters. The van der Waals surface area contributed by atoms with Crippen LogP contribution in [0.2, 0.25) is 5.15 Å². The van der Waals surface area contributed by atoms with Crippen molar-refractivity contribution in [2.24, 2.45) is 0 Å². The third-order valence-electron chi connectivity index (χ3n) is 2.64. The van der Waals surface area contributed by atoms with Crippen LogP contribution in [-0.4, -0.2) is 23.0 Å². The number of halogens is 1. The predicted octanol–water partition coefficient (Wildman–Crippen LogP) is 2.45. The van der Waals surface area contributed by atoms with Crippen molar-refractivity contribution in [3.63, 3.8) is 0 Å². The number of ether oxygens (including phenoxy) is 1. The van der Waals surface area contributed by atoms with Gasteiger partial charge in [-0.2, -0.15) is 5.10 Å². The van der Waals surface area contributed by atoms with E-state index < -0.39 is 0 Å². The maximum absolute atomic E-state index is 6.12. The molecule has 0 radical (unpaired) electrons. The number of nitrogens with zero attached hydrogens (tertiary/aromatic N) is 2. The molecule has 0 aromatic carbocycles. The molecule has 1 aliphatic rings. The summed E-state index contributed by atoms with van der Waals surface area (Å²) in [7, 11) is 0. The first-order valence-electron chi connectivity index (χ1n) is 5.13. The van der Waals surface area contributed by atoms with Crippen LogP contribution in [0.15, 0.2) is 6.07 Å². The minimum Gasteiger partial charge on any atom is -0.381 e. The molecular weight excluding hydrogens is 200 g/mol. The maximum Gasteiger partial charge on any atom is 0.127 e. The van der Waals surface area contributed by atoms with E-state index in [1.54, 1.807) is 0 Å². The Bertz CT molecular complexity index is 305. The summed E-state index contributed by atoms with van der Waals surface area (Å²) in [6.07, 6.45) is 2.98. The highest BCUT2D eigenvalue weighted by molar-refractivity contribution is 6.29. The van der Waals surface area contributed by atoms with Crippen LogP contribution in [0.3, 0.4) is 0 Å². The lowest BCUT2D eigenvalue weighted by atomic mass is 10.1. The monoisotopic (exact) mass is 214 g/mol. The zero-order valence-corrected chi connectivity index (χ0v) is 9.13. The fourth-order valence-electron chi connectivity index (χ4n) is 1.78. The van der Waals surface area contributed by atoms with Gasteiger partial charge in [-0.1, -0.05) is 18.5 Å². The number of aryl methyl sites for hydroxylation is 1. The van der Waals surface area contributed by atoms with E-state index in [1.165, 1.54) is 0 Å². The van der Waals surface area contributed by atoms with Crippen LogP contribution < -0.4 is 0 Å². The predicted molar refractivity (Wildman–Crippen MR) is 55.7 cm³/mol. The molecule has 1 saturated heterocycles. The molecule has 3 nitrogen and oxygen atoms in total. The second kappa shape index (κ2) is 4.32. The van der Waals surface area contributed by atoms with Gasteiger partial charge in [0.2, 0.25) is 0 Å². The van der Waals surface area contributed by atoms with E-state index in [0.29, 0.717) is 6.04 Å². The number of rotatable bonds is 2. The normalized spacial score (nSPS) is 18.7. The van der Waals surface area contributed by atoms with Crippen molar-refractivity contribution >= 4 is 11.6 Å². The van der Waals surface area contributed by atoms with E-state index in [0.717, 1.165) is 43.3 Å². The third-order valence-corrected chi connectivity index (χ3v) is 2.92. The summed E-state index contributed by atoms with van der Waals surface area (Å²) in [5.74, 6) is 0. The SMILES string of the molecule is CCc1cc(Cl)n(C2CCOCC2)n1. The van der Waals surface area contributed by atoms with Gasteiger partial charge in [0.25, 0.3) is 0 Å². The molecule has 1 aliphatic heterocycles. The minimum absolute atomic E-state index is 0.427. The van der Waals surface area contributed by atoms with Gasteiger partial charge in [0.15, 0.2) is 0 Å². The van der Waals surface area contributed by atoms with Crippen molar-refractivity contribution in [2.75, 3.05) is 13.2 Å². The summed E-state index contributed by atoms with van der Waals surface area (Å²) in [6.45, 7) is 3.73. The summed E-state index contributed by atoms with van der Waals surface area (Å²) < 4.78 is 7.26. The van der Waals surface area contributed by atoms with Gasteiger partial charge in [-0.25, -0.2) is 0 Å². The highest BCUT2D eigenvalue weighted by Gasteiger charge is 2.18. The van der Waals surface area contributed by atoms with Crippen molar-refractivity contribution in [2.45, 2.75) is 32.2 Å². The van der Waals surface area contributed by atoms with Crippen molar-refractivity contribution in [1.82, 2.24) is 9.78 Å². The second-order valence-corrected chi connectivity index (χ2v) is 3.99. The van der Waals surface area contributed by atoms with E-state index in [9.17, 15) is 0 Å². The topological polar surface area (TPSA) is 27.1 Å². The Hall–Kier alpha value is -0.540. The Morgan fingerprint density at radius 2 is 2.29 bits per heavy atom. The largest absolute Gasteiger partial charge is 0.381 e. The Balaban J connectivity index is 2.17. The Morgan fingerprint density at radius 1 is 1.57 bits per heavy atom. The van der Waals surface area contributed by atoms with Crippen molar-refractivity contribution in [3.05, 3.63) is 16.9 Å². The van der Waals surface area contributed by atoms with E-state index in [2.05, 4.69) is 12.0 Å². The molecule has 2 heterocycles. The van der Waals surface area contributed by atoms with Crippen LogP contribution in [0.1, 0.15) is 31.5 Å². The zero-order chi connectivity index (χ0) is 9.97. The lowest BCUT2D eigenvalue weighted by molar-refractivity contribution is 0.0662. The molecule has 0 amide bonds. The minimum atomic E-state index is 0.427. The molecule has 0 saturated carbocycles. The Kier molecular flexibility index (Phi) is 3.08. The van der Waals surface area contributed by atoms with E-state index in [1.807, 2.05) is 10.7 Å². The molecule has 0 spiro atoms. The molecular formula is C10H15ClN2O. The standard InChI is InChI=1S/C10H15ClN2O/c1-2-8-7-10(11)13(12-8)9-3-5-14-6-4-9/h7,9H,2-6H2,1H3. The fourth-order valence-corrected chi connectivity index (χ4v) is 2.08. The molecule has 0 aliphatic carbocycles. The van der Waals surface area contributed by atoms with Crippen LogP contribution >= 0.6 is 11.6 Å². The fraction of sp³-hybridized carbons (Fsp3) is 0.700. The van der Waals surface area contributed by atoms with Gasteiger partial charge in [-0.05, 0) is 25.3 Å². The lowest BCUT2D eigenvalue weighted by Gasteiger charge is -2.22. The van der Waals surface area contributed by atoms with Crippen LogP contribution in [0.25, 0.3) is 0 Å². The summed E-state index contributed by atoms with van der Waals surface area (Å²) in [5, 5.41) is 5.24. The van der Waals surface area contributed by atoms with Crippen LogP contribution in [0, 0.1) is 0 Å². The molecule has 1 fully saturated rings. The molecule has 4 heteroatoms. The summed E-state index contributed by atoms with van der Waals surface area (Å²) in [4.78, 5) is 0.